The molecule has 0 aliphatic heterocycles. The summed E-state index contributed by atoms with van der Waals surface area (Å²) >= 11 is 1.36. The Balaban J connectivity index is 1.96. The van der Waals surface area contributed by atoms with Gasteiger partial charge in [-0.05, 0) is 38.5 Å². The van der Waals surface area contributed by atoms with E-state index in [4.69, 9.17) is 0 Å². The van der Waals surface area contributed by atoms with Crippen LogP contribution in [0.2, 0.25) is 0 Å². The second kappa shape index (κ2) is 6.91. The normalized spacial score (nSPS) is 13.7. The van der Waals surface area contributed by atoms with Crippen molar-refractivity contribution in [2.45, 2.75) is 37.2 Å². The number of hydrogen-bond donors (Lipinski definition) is 1. The van der Waals surface area contributed by atoms with E-state index < -0.39 is 0 Å². The Hall–Kier alpha value is -1.89. The fourth-order valence-corrected chi connectivity index (χ4v) is 2.74. The molecule has 0 aliphatic rings. The highest BCUT2D eigenvalue weighted by atomic mass is 32.2. The van der Waals surface area contributed by atoms with Crippen LogP contribution in [-0.4, -0.2) is 25.9 Å². The molecule has 0 radical (unpaired) electrons. The standard InChI is InChI=1S/C15H19FN4OS/c1-9(12-5-7-13(16)8-6-12)17-14(21)10(2)22-15-19-18-11(3)20(15)4/h5-10H,1-4H3,(H,17,21)/t9-,10-/m1/s1. The highest BCUT2D eigenvalue weighted by Gasteiger charge is 2.20. The molecule has 0 unspecified atom stereocenters. The molecule has 0 fully saturated rings. The van der Waals surface area contributed by atoms with Gasteiger partial charge in [-0.15, -0.1) is 10.2 Å². The van der Waals surface area contributed by atoms with E-state index in [0.717, 1.165) is 11.4 Å². The fraction of sp³-hybridized carbons (Fsp3) is 0.400. The summed E-state index contributed by atoms with van der Waals surface area (Å²) in [5, 5.41) is 11.3. The molecule has 118 valence electrons. The van der Waals surface area contributed by atoms with Crippen LogP contribution in [0.25, 0.3) is 0 Å². The minimum atomic E-state index is -0.301. The van der Waals surface area contributed by atoms with E-state index in [-0.39, 0.29) is 23.0 Å². The minimum Gasteiger partial charge on any atom is -0.349 e. The molecular formula is C15H19FN4OS. The van der Waals surface area contributed by atoms with Crippen LogP contribution in [-0.2, 0) is 11.8 Å². The Kier molecular flexibility index (Phi) is 5.18. The molecule has 0 aliphatic carbocycles. The summed E-state index contributed by atoms with van der Waals surface area (Å²) in [5.74, 6) is 0.418. The van der Waals surface area contributed by atoms with Gasteiger partial charge < -0.3 is 9.88 Å². The van der Waals surface area contributed by atoms with Crippen molar-refractivity contribution in [2.75, 3.05) is 0 Å². The van der Waals surface area contributed by atoms with Gasteiger partial charge in [0.2, 0.25) is 5.91 Å². The first-order chi connectivity index (χ1) is 10.4. The number of halogens is 1. The summed E-state index contributed by atoms with van der Waals surface area (Å²) in [6.45, 7) is 5.55. The number of amides is 1. The molecule has 1 aromatic carbocycles. The third kappa shape index (κ3) is 3.85. The number of hydrogen-bond acceptors (Lipinski definition) is 4. The van der Waals surface area contributed by atoms with Gasteiger partial charge in [0.05, 0.1) is 11.3 Å². The summed E-state index contributed by atoms with van der Waals surface area (Å²) in [5.41, 5.74) is 0.862. The Labute approximate surface area is 133 Å². The van der Waals surface area contributed by atoms with Crippen LogP contribution in [0.5, 0.6) is 0 Å². The van der Waals surface area contributed by atoms with Crippen LogP contribution < -0.4 is 5.32 Å². The van der Waals surface area contributed by atoms with Gasteiger partial charge in [-0.1, -0.05) is 23.9 Å². The zero-order valence-corrected chi connectivity index (χ0v) is 13.8. The minimum absolute atomic E-state index is 0.0949. The monoisotopic (exact) mass is 322 g/mol. The topological polar surface area (TPSA) is 59.8 Å². The molecule has 0 spiro atoms. The second-order valence-corrected chi connectivity index (χ2v) is 6.44. The molecule has 0 bridgehead atoms. The lowest BCUT2D eigenvalue weighted by atomic mass is 10.1. The van der Waals surface area contributed by atoms with Crippen molar-refractivity contribution in [2.24, 2.45) is 7.05 Å². The predicted octanol–water partition coefficient (Wildman–Crippen LogP) is 2.62. The molecule has 2 rings (SSSR count). The van der Waals surface area contributed by atoms with Crippen LogP contribution in [0.1, 0.15) is 31.3 Å². The molecule has 1 aromatic heterocycles. The van der Waals surface area contributed by atoms with Crippen molar-refractivity contribution in [1.29, 1.82) is 0 Å². The van der Waals surface area contributed by atoms with Gasteiger partial charge in [-0.2, -0.15) is 0 Å². The first kappa shape index (κ1) is 16.5. The lowest BCUT2D eigenvalue weighted by Crippen LogP contribution is -2.33. The maximum Gasteiger partial charge on any atom is 0.233 e. The Bertz CT molecular complexity index is 656. The number of nitrogens with zero attached hydrogens (tertiary/aromatic N) is 3. The largest absolute Gasteiger partial charge is 0.349 e. The molecule has 5 nitrogen and oxygen atoms in total. The molecule has 1 heterocycles. The Morgan fingerprint density at radius 3 is 2.45 bits per heavy atom. The first-order valence-electron chi connectivity index (χ1n) is 6.97. The number of aromatic nitrogens is 3. The third-order valence-corrected chi connectivity index (χ3v) is 4.57. The van der Waals surface area contributed by atoms with E-state index in [2.05, 4.69) is 15.5 Å². The van der Waals surface area contributed by atoms with Crippen molar-refractivity contribution in [3.8, 4) is 0 Å². The number of carbonyl (C=O) groups excluding carboxylic acids is 1. The van der Waals surface area contributed by atoms with Crippen molar-refractivity contribution in [3.05, 3.63) is 41.5 Å². The van der Waals surface area contributed by atoms with Crippen LogP contribution in [0.4, 0.5) is 4.39 Å². The van der Waals surface area contributed by atoms with Crippen LogP contribution in [0.15, 0.2) is 29.4 Å². The highest BCUT2D eigenvalue weighted by molar-refractivity contribution is 8.00. The highest BCUT2D eigenvalue weighted by Crippen LogP contribution is 2.22. The van der Waals surface area contributed by atoms with Crippen molar-refractivity contribution in [1.82, 2.24) is 20.1 Å². The third-order valence-electron chi connectivity index (χ3n) is 3.43. The van der Waals surface area contributed by atoms with E-state index in [1.54, 1.807) is 12.1 Å². The lowest BCUT2D eigenvalue weighted by molar-refractivity contribution is -0.120. The number of benzene rings is 1. The molecule has 2 aromatic rings. The molecular weight excluding hydrogens is 303 g/mol. The van der Waals surface area contributed by atoms with Crippen molar-refractivity contribution in [3.63, 3.8) is 0 Å². The van der Waals surface area contributed by atoms with Gasteiger partial charge in [0.15, 0.2) is 5.16 Å². The average molecular weight is 322 g/mol. The summed E-state index contributed by atoms with van der Waals surface area (Å²) in [6.07, 6.45) is 0. The molecule has 7 heteroatoms. The van der Waals surface area contributed by atoms with E-state index in [1.807, 2.05) is 32.4 Å². The van der Waals surface area contributed by atoms with Crippen LogP contribution >= 0.6 is 11.8 Å². The van der Waals surface area contributed by atoms with Gasteiger partial charge in [0, 0.05) is 7.05 Å². The molecule has 22 heavy (non-hydrogen) atoms. The first-order valence-corrected chi connectivity index (χ1v) is 7.85. The van der Waals surface area contributed by atoms with Crippen LogP contribution in [0.3, 0.4) is 0 Å². The Morgan fingerprint density at radius 2 is 1.91 bits per heavy atom. The number of rotatable bonds is 5. The zero-order chi connectivity index (χ0) is 16.3. The number of carbonyl (C=O) groups is 1. The van der Waals surface area contributed by atoms with E-state index in [0.29, 0.717) is 5.16 Å². The Morgan fingerprint density at radius 1 is 1.27 bits per heavy atom. The SMILES string of the molecule is Cc1nnc(S[C@H](C)C(=O)N[C@H](C)c2ccc(F)cc2)n1C. The van der Waals surface area contributed by atoms with E-state index in [1.165, 1.54) is 23.9 Å². The maximum absolute atomic E-state index is 12.9. The summed E-state index contributed by atoms with van der Waals surface area (Å²) in [6, 6.07) is 5.93. The van der Waals surface area contributed by atoms with E-state index >= 15 is 0 Å². The number of thioether (sulfide) groups is 1. The second-order valence-electron chi connectivity index (χ2n) is 5.13. The van der Waals surface area contributed by atoms with Gasteiger partial charge in [-0.3, -0.25) is 4.79 Å². The molecule has 0 saturated carbocycles. The van der Waals surface area contributed by atoms with Gasteiger partial charge in [-0.25, -0.2) is 4.39 Å². The summed E-state index contributed by atoms with van der Waals surface area (Å²) in [7, 11) is 1.86. The smallest absolute Gasteiger partial charge is 0.233 e. The lowest BCUT2D eigenvalue weighted by Gasteiger charge is -2.17. The zero-order valence-electron chi connectivity index (χ0n) is 13.0. The fourth-order valence-electron chi connectivity index (χ4n) is 1.87. The van der Waals surface area contributed by atoms with Gasteiger partial charge >= 0.3 is 0 Å². The molecule has 2 atom stereocenters. The quantitative estimate of drug-likeness (QED) is 0.860. The number of aryl methyl sites for hydroxylation is 1. The molecule has 1 N–H and O–H groups in total. The summed E-state index contributed by atoms with van der Waals surface area (Å²) < 4.78 is 14.8. The molecule has 1 amide bonds. The van der Waals surface area contributed by atoms with Gasteiger partial charge in [0.25, 0.3) is 0 Å². The van der Waals surface area contributed by atoms with Crippen molar-refractivity contribution < 1.29 is 9.18 Å². The predicted molar refractivity (Wildman–Crippen MR) is 84.0 cm³/mol. The number of nitrogens with one attached hydrogen (secondary N) is 1. The van der Waals surface area contributed by atoms with Gasteiger partial charge in [0.1, 0.15) is 11.6 Å². The van der Waals surface area contributed by atoms with E-state index in [9.17, 15) is 9.18 Å². The maximum atomic E-state index is 12.9. The average Bonchev–Trinajstić information content (AvgIpc) is 2.79. The van der Waals surface area contributed by atoms with Crippen LogP contribution in [0, 0.1) is 12.7 Å². The summed E-state index contributed by atoms with van der Waals surface area (Å²) in [4.78, 5) is 12.3. The van der Waals surface area contributed by atoms with Crippen molar-refractivity contribution >= 4 is 17.7 Å². The molecule has 0 saturated heterocycles.